The Bertz CT molecular complexity index is 537. The van der Waals surface area contributed by atoms with Gasteiger partial charge in [-0.3, -0.25) is 4.79 Å². The molecule has 1 aromatic carbocycles. The molecule has 0 aromatic heterocycles. The molecule has 1 aromatic rings. The van der Waals surface area contributed by atoms with Crippen molar-refractivity contribution in [2.45, 2.75) is 20.0 Å². The lowest BCUT2D eigenvalue weighted by Gasteiger charge is -2.17. The molecule has 140 valence electrons. The molecular weight excluding hydrogens is 344 g/mol. The summed E-state index contributed by atoms with van der Waals surface area (Å²) in [6.45, 7) is 6.15. The highest BCUT2D eigenvalue weighted by molar-refractivity contribution is 6.30. The maximum absolute atomic E-state index is 11.7. The van der Waals surface area contributed by atoms with Crippen LogP contribution in [0.15, 0.2) is 29.3 Å². The van der Waals surface area contributed by atoms with E-state index in [2.05, 4.69) is 20.9 Å². The average Bonchev–Trinajstić information content (AvgIpc) is 2.59. The van der Waals surface area contributed by atoms with Gasteiger partial charge in [0.15, 0.2) is 5.96 Å². The highest BCUT2D eigenvalue weighted by atomic mass is 35.5. The van der Waals surface area contributed by atoms with Crippen molar-refractivity contribution in [2.24, 2.45) is 4.99 Å². The number of carbonyl (C=O) groups excluding carboxylic acids is 1. The molecule has 0 bridgehead atoms. The highest BCUT2D eigenvalue weighted by Crippen LogP contribution is 2.16. The van der Waals surface area contributed by atoms with Gasteiger partial charge in [0.05, 0.1) is 13.2 Å². The molecule has 3 N–H and O–H groups in total. The van der Waals surface area contributed by atoms with E-state index in [1.54, 1.807) is 19.2 Å². The molecule has 0 spiro atoms. The summed E-state index contributed by atoms with van der Waals surface area (Å²) in [5, 5.41) is 9.64. The number of benzene rings is 1. The van der Waals surface area contributed by atoms with Crippen LogP contribution < -0.4 is 20.7 Å². The molecule has 0 saturated carbocycles. The fraction of sp³-hybridized carbons (Fsp3) is 0.529. The zero-order valence-electron chi connectivity index (χ0n) is 15.0. The van der Waals surface area contributed by atoms with Crippen molar-refractivity contribution < 1.29 is 14.3 Å². The standard InChI is InChI=1S/C17H27ClN4O3/c1-4-19-17(22-12-16(23)20-9-10-24-3)21-11-13(2)25-15-7-5-14(18)6-8-15/h5-8,13H,4,9-12H2,1-3H3,(H,20,23)(H2,19,21,22). The first kappa shape index (κ1) is 21.1. The van der Waals surface area contributed by atoms with Crippen LogP contribution in [-0.2, 0) is 9.53 Å². The molecule has 0 radical (unpaired) electrons. The minimum Gasteiger partial charge on any atom is -0.489 e. The Kier molecular flexibility index (Phi) is 10.4. The summed E-state index contributed by atoms with van der Waals surface area (Å²) in [6, 6.07) is 7.21. The minimum atomic E-state index is -0.153. The zero-order chi connectivity index (χ0) is 18.5. The number of ether oxygens (including phenoxy) is 2. The van der Waals surface area contributed by atoms with E-state index >= 15 is 0 Å². The number of nitrogens with one attached hydrogen (secondary N) is 3. The zero-order valence-corrected chi connectivity index (χ0v) is 15.7. The van der Waals surface area contributed by atoms with Gasteiger partial charge in [0.2, 0.25) is 5.91 Å². The SMILES string of the molecule is CCNC(=NCC(=O)NCCOC)NCC(C)Oc1ccc(Cl)cc1. The average molecular weight is 371 g/mol. The summed E-state index contributed by atoms with van der Waals surface area (Å²) in [5.74, 6) is 1.16. The third kappa shape index (κ3) is 9.79. The van der Waals surface area contributed by atoms with E-state index in [0.29, 0.717) is 37.2 Å². The predicted octanol–water partition coefficient (Wildman–Crippen LogP) is 1.43. The molecule has 0 aliphatic carbocycles. The predicted molar refractivity (Wildman–Crippen MR) is 100 cm³/mol. The van der Waals surface area contributed by atoms with Gasteiger partial charge in [-0.1, -0.05) is 11.6 Å². The van der Waals surface area contributed by atoms with Gasteiger partial charge < -0.3 is 25.4 Å². The Labute approximate surface area is 154 Å². The Balaban J connectivity index is 2.41. The van der Waals surface area contributed by atoms with Crippen LogP contribution in [0.2, 0.25) is 5.02 Å². The molecule has 0 aliphatic rings. The summed E-state index contributed by atoms with van der Waals surface area (Å²) in [7, 11) is 1.59. The number of hydrogen-bond acceptors (Lipinski definition) is 4. The molecule has 0 heterocycles. The Morgan fingerprint density at radius 3 is 2.60 bits per heavy atom. The number of halogens is 1. The van der Waals surface area contributed by atoms with Crippen LogP contribution in [0.1, 0.15) is 13.8 Å². The molecule has 25 heavy (non-hydrogen) atoms. The summed E-state index contributed by atoms with van der Waals surface area (Å²) < 4.78 is 10.7. The van der Waals surface area contributed by atoms with Gasteiger partial charge in [-0.05, 0) is 38.1 Å². The van der Waals surface area contributed by atoms with E-state index in [4.69, 9.17) is 21.1 Å². The Hall–Kier alpha value is -1.99. The largest absolute Gasteiger partial charge is 0.489 e. The molecule has 0 saturated heterocycles. The van der Waals surface area contributed by atoms with Crippen LogP contribution in [0.3, 0.4) is 0 Å². The Morgan fingerprint density at radius 1 is 1.24 bits per heavy atom. The fourth-order valence-electron chi connectivity index (χ4n) is 1.87. The number of guanidine groups is 1. The van der Waals surface area contributed by atoms with Gasteiger partial charge in [0.25, 0.3) is 0 Å². The number of aliphatic imine (C=N–C) groups is 1. The van der Waals surface area contributed by atoms with Crippen molar-refractivity contribution in [3.8, 4) is 5.75 Å². The third-order valence-electron chi connectivity index (χ3n) is 3.06. The molecule has 1 rings (SSSR count). The van der Waals surface area contributed by atoms with Gasteiger partial charge in [-0.15, -0.1) is 0 Å². The molecule has 7 nitrogen and oxygen atoms in total. The number of carbonyl (C=O) groups is 1. The third-order valence-corrected chi connectivity index (χ3v) is 3.31. The van der Waals surface area contributed by atoms with Crippen molar-refractivity contribution in [3.05, 3.63) is 29.3 Å². The number of hydrogen-bond donors (Lipinski definition) is 3. The molecule has 0 fully saturated rings. The minimum absolute atomic E-state index is 0.0471. The number of rotatable bonds is 10. The van der Waals surface area contributed by atoms with Crippen LogP contribution in [-0.4, -0.2) is 57.9 Å². The smallest absolute Gasteiger partial charge is 0.241 e. The topological polar surface area (TPSA) is 84.0 Å². The van der Waals surface area contributed by atoms with Crippen molar-refractivity contribution in [1.29, 1.82) is 0 Å². The molecule has 8 heteroatoms. The second kappa shape index (κ2) is 12.4. The molecule has 1 amide bonds. The van der Waals surface area contributed by atoms with Crippen LogP contribution in [0.5, 0.6) is 5.75 Å². The normalized spacial score (nSPS) is 12.4. The first-order valence-electron chi connectivity index (χ1n) is 8.25. The van der Waals surface area contributed by atoms with Gasteiger partial charge in [0, 0.05) is 25.2 Å². The highest BCUT2D eigenvalue weighted by Gasteiger charge is 2.07. The summed E-state index contributed by atoms with van der Waals surface area (Å²) in [4.78, 5) is 15.9. The number of amides is 1. The monoisotopic (exact) mass is 370 g/mol. The maximum atomic E-state index is 11.7. The second-order valence-corrected chi connectivity index (χ2v) is 5.74. The lowest BCUT2D eigenvalue weighted by molar-refractivity contribution is -0.119. The van der Waals surface area contributed by atoms with Crippen molar-refractivity contribution >= 4 is 23.5 Å². The molecular formula is C17H27ClN4O3. The first-order chi connectivity index (χ1) is 12.0. The van der Waals surface area contributed by atoms with E-state index in [-0.39, 0.29) is 18.6 Å². The van der Waals surface area contributed by atoms with Crippen molar-refractivity contribution in [3.63, 3.8) is 0 Å². The number of nitrogens with zero attached hydrogens (tertiary/aromatic N) is 1. The molecule has 1 unspecified atom stereocenters. The lowest BCUT2D eigenvalue weighted by atomic mass is 10.3. The van der Waals surface area contributed by atoms with E-state index in [0.717, 1.165) is 5.75 Å². The molecule has 1 atom stereocenters. The quantitative estimate of drug-likeness (QED) is 0.329. The van der Waals surface area contributed by atoms with Crippen LogP contribution in [0, 0.1) is 0 Å². The van der Waals surface area contributed by atoms with E-state index in [1.165, 1.54) is 0 Å². The van der Waals surface area contributed by atoms with Crippen molar-refractivity contribution in [2.75, 3.05) is 39.9 Å². The molecule has 0 aliphatic heterocycles. The van der Waals surface area contributed by atoms with Gasteiger partial charge in [-0.25, -0.2) is 4.99 Å². The van der Waals surface area contributed by atoms with Crippen LogP contribution >= 0.6 is 11.6 Å². The van der Waals surface area contributed by atoms with E-state index in [9.17, 15) is 4.79 Å². The second-order valence-electron chi connectivity index (χ2n) is 5.30. The lowest BCUT2D eigenvalue weighted by Crippen LogP contribution is -2.42. The summed E-state index contributed by atoms with van der Waals surface area (Å²) in [5.41, 5.74) is 0. The van der Waals surface area contributed by atoms with Gasteiger partial charge >= 0.3 is 0 Å². The van der Waals surface area contributed by atoms with Crippen LogP contribution in [0.4, 0.5) is 0 Å². The van der Waals surface area contributed by atoms with E-state index in [1.807, 2.05) is 26.0 Å². The maximum Gasteiger partial charge on any atom is 0.241 e. The van der Waals surface area contributed by atoms with Gasteiger partial charge in [-0.2, -0.15) is 0 Å². The Morgan fingerprint density at radius 2 is 1.96 bits per heavy atom. The summed E-state index contributed by atoms with van der Waals surface area (Å²) >= 11 is 5.85. The van der Waals surface area contributed by atoms with E-state index < -0.39 is 0 Å². The summed E-state index contributed by atoms with van der Waals surface area (Å²) in [6.07, 6.45) is -0.0828. The number of methoxy groups -OCH3 is 1. The van der Waals surface area contributed by atoms with Crippen molar-refractivity contribution in [1.82, 2.24) is 16.0 Å². The van der Waals surface area contributed by atoms with Gasteiger partial charge in [0.1, 0.15) is 18.4 Å². The van der Waals surface area contributed by atoms with Crippen LogP contribution in [0.25, 0.3) is 0 Å². The fourth-order valence-corrected chi connectivity index (χ4v) is 1.99. The first-order valence-corrected chi connectivity index (χ1v) is 8.63.